The number of rotatable bonds is 9. The van der Waals surface area contributed by atoms with E-state index in [4.69, 9.17) is 16.2 Å². The highest BCUT2D eigenvalue weighted by Gasteiger charge is 2.23. The summed E-state index contributed by atoms with van der Waals surface area (Å²) in [6, 6.07) is 14.4. The molecule has 0 aliphatic carbocycles. The topological polar surface area (TPSA) is 157 Å². The number of guanidine groups is 1. The Labute approximate surface area is 216 Å². The molecule has 3 aromatic rings. The third kappa shape index (κ3) is 8.29. The van der Waals surface area contributed by atoms with E-state index in [-0.39, 0.29) is 30.4 Å². The number of hydrogen-bond acceptors (Lipinski definition) is 5. The first kappa shape index (κ1) is 28.7. The molecule has 6 N–H and O–H groups in total. The SMILES string of the molecule is Cl.NC(N)=Nc1ccc(C(=O)Oc2cc(F)c(CC(=O)N[C@@H](Cc3ccccc3)C(=O)O)c(F)c2)cc1. The van der Waals surface area contributed by atoms with E-state index >= 15 is 0 Å². The Kier molecular flexibility index (Phi) is 10.1. The van der Waals surface area contributed by atoms with Crippen molar-refractivity contribution in [1.29, 1.82) is 0 Å². The van der Waals surface area contributed by atoms with Gasteiger partial charge in [0.25, 0.3) is 0 Å². The predicted molar refractivity (Wildman–Crippen MR) is 134 cm³/mol. The normalized spacial score (nSPS) is 11.0. The lowest BCUT2D eigenvalue weighted by molar-refractivity contribution is -0.141. The molecule has 0 aromatic heterocycles. The van der Waals surface area contributed by atoms with Crippen LogP contribution in [0.15, 0.2) is 71.7 Å². The van der Waals surface area contributed by atoms with E-state index in [0.717, 1.165) is 12.1 Å². The van der Waals surface area contributed by atoms with Gasteiger partial charge in [-0.2, -0.15) is 0 Å². The Morgan fingerprint density at radius 2 is 1.57 bits per heavy atom. The number of carboxylic acids is 1. The zero-order valence-corrected chi connectivity index (χ0v) is 20.0. The molecule has 0 heterocycles. The molecule has 0 saturated heterocycles. The minimum absolute atomic E-state index is 0. The lowest BCUT2D eigenvalue weighted by Crippen LogP contribution is -2.43. The zero-order valence-electron chi connectivity index (χ0n) is 19.2. The van der Waals surface area contributed by atoms with Crippen molar-refractivity contribution in [3.8, 4) is 5.75 Å². The summed E-state index contributed by atoms with van der Waals surface area (Å²) >= 11 is 0. The van der Waals surface area contributed by atoms with Gasteiger partial charge in [0.15, 0.2) is 5.96 Å². The number of carbonyl (C=O) groups excluding carboxylic acids is 2. The number of carbonyl (C=O) groups is 3. The Morgan fingerprint density at radius 3 is 2.11 bits per heavy atom. The molecular formula is C25H23ClF2N4O5. The summed E-state index contributed by atoms with van der Waals surface area (Å²) in [7, 11) is 0. The standard InChI is InChI=1S/C25H22F2N4O5.ClH/c26-19-11-17(36-24(35)15-6-8-16(9-7-15)30-25(28)29)12-20(27)18(19)13-22(32)31-21(23(33)34)10-14-4-2-1-3-5-14;/h1-9,11-12,21H,10,13H2,(H,31,32)(H,33,34)(H4,28,29,30);1H/t21-;/m0./s1. The minimum atomic E-state index is -1.29. The molecule has 0 aliphatic heterocycles. The van der Waals surface area contributed by atoms with Crippen LogP contribution >= 0.6 is 12.4 Å². The van der Waals surface area contributed by atoms with Crippen LogP contribution in [-0.2, 0) is 22.4 Å². The maximum absolute atomic E-state index is 14.6. The molecule has 0 saturated carbocycles. The van der Waals surface area contributed by atoms with Gasteiger partial charge in [0.05, 0.1) is 17.7 Å². The second-order valence-corrected chi connectivity index (χ2v) is 7.66. The highest BCUT2D eigenvalue weighted by molar-refractivity contribution is 5.91. The van der Waals surface area contributed by atoms with Gasteiger partial charge >= 0.3 is 11.9 Å². The minimum Gasteiger partial charge on any atom is -0.480 e. The van der Waals surface area contributed by atoms with Gasteiger partial charge in [-0.25, -0.2) is 23.4 Å². The molecule has 3 aromatic carbocycles. The summed E-state index contributed by atoms with van der Waals surface area (Å²) in [6.07, 6.45) is -0.759. The van der Waals surface area contributed by atoms with Gasteiger partial charge in [-0.1, -0.05) is 30.3 Å². The number of halogens is 3. The summed E-state index contributed by atoms with van der Waals surface area (Å²) in [6.45, 7) is 0. The molecule has 0 unspecified atom stereocenters. The fraction of sp³-hybridized carbons (Fsp3) is 0.120. The number of hydrogen-bond donors (Lipinski definition) is 4. The summed E-state index contributed by atoms with van der Waals surface area (Å²) in [5.74, 6) is -5.92. The molecule has 0 bridgehead atoms. The number of nitrogens with zero attached hydrogens (tertiary/aromatic N) is 1. The van der Waals surface area contributed by atoms with Crippen LogP contribution in [0.4, 0.5) is 14.5 Å². The Bertz CT molecular complexity index is 1280. The molecule has 0 fully saturated rings. The van der Waals surface area contributed by atoms with Crippen LogP contribution in [0.25, 0.3) is 0 Å². The molecular weight excluding hydrogens is 510 g/mol. The lowest BCUT2D eigenvalue weighted by Gasteiger charge is -2.15. The number of amides is 1. The van der Waals surface area contributed by atoms with E-state index < -0.39 is 53.3 Å². The first-order valence-corrected chi connectivity index (χ1v) is 10.6. The van der Waals surface area contributed by atoms with E-state index in [2.05, 4.69) is 10.3 Å². The maximum Gasteiger partial charge on any atom is 0.343 e. The van der Waals surface area contributed by atoms with Crippen LogP contribution in [0.5, 0.6) is 5.75 Å². The van der Waals surface area contributed by atoms with E-state index in [1.54, 1.807) is 30.3 Å². The Hall–Kier alpha value is -4.51. The quantitative estimate of drug-likeness (QED) is 0.143. The molecule has 194 valence electrons. The summed E-state index contributed by atoms with van der Waals surface area (Å²) in [5, 5.41) is 11.7. The largest absolute Gasteiger partial charge is 0.480 e. The summed E-state index contributed by atoms with van der Waals surface area (Å²) < 4.78 is 34.2. The Balaban J connectivity index is 0.00000481. The molecule has 37 heavy (non-hydrogen) atoms. The van der Waals surface area contributed by atoms with Crippen molar-refractivity contribution < 1.29 is 33.0 Å². The lowest BCUT2D eigenvalue weighted by atomic mass is 10.0. The number of carboxylic acid groups (broad SMARTS) is 1. The van der Waals surface area contributed by atoms with Crippen LogP contribution < -0.4 is 21.5 Å². The van der Waals surface area contributed by atoms with E-state index in [9.17, 15) is 28.3 Å². The van der Waals surface area contributed by atoms with Crippen molar-refractivity contribution >= 4 is 41.9 Å². The number of nitrogens with one attached hydrogen (secondary N) is 1. The molecule has 0 spiro atoms. The highest BCUT2D eigenvalue weighted by atomic mass is 35.5. The molecule has 3 rings (SSSR count). The second-order valence-electron chi connectivity index (χ2n) is 7.66. The number of aliphatic carboxylic acids is 1. The van der Waals surface area contributed by atoms with Gasteiger partial charge in [0.2, 0.25) is 5.91 Å². The van der Waals surface area contributed by atoms with Gasteiger partial charge in [-0.3, -0.25) is 4.79 Å². The van der Waals surface area contributed by atoms with Crippen LogP contribution in [-0.4, -0.2) is 35.0 Å². The molecule has 1 amide bonds. The second kappa shape index (κ2) is 13.0. The average molecular weight is 533 g/mol. The van der Waals surface area contributed by atoms with Crippen molar-refractivity contribution in [2.45, 2.75) is 18.9 Å². The monoisotopic (exact) mass is 532 g/mol. The van der Waals surface area contributed by atoms with Crippen LogP contribution in [0, 0.1) is 11.6 Å². The van der Waals surface area contributed by atoms with Gasteiger partial charge < -0.3 is 26.6 Å². The number of benzene rings is 3. The van der Waals surface area contributed by atoms with Crippen molar-refractivity contribution in [2.24, 2.45) is 16.5 Å². The average Bonchev–Trinajstić information content (AvgIpc) is 2.81. The molecule has 12 heteroatoms. The van der Waals surface area contributed by atoms with Crippen LogP contribution in [0.1, 0.15) is 21.5 Å². The number of aliphatic imine (C=N–C) groups is 1. The number of nitrogens with two attached hydrogens (primary N) is 2. The van der Waals surface area contributed by atoms with Crippen molar-refractivity contribution in [2.75, 3.05) is 0 Å². The summed E-state index contributed by atoms with van der Waals surface area (Å²) in [4.78, 5) is 40.0. The first-order chi connectivity index (χ1) is 17.1. The van der Waals surface area contributed by atoms with Gasteiger partial charge in [-0.05, 0) is 29.8 Å². The third-order valence-electron chi connectivity index (χ3n) is 4.94. The van der Waals surface area contributed by atoms with E-state index in [1.165, 1.54) is 24.3 Å². The molecule has 1 atom stereocenters. The zero-order chi connectivity index (χ0) is 26.2. The first-order valence-electron chi connectivity index (χ1n) is 10.6. The maximum atomic E-state index is 14.6. The van der Waals surface area contributed by atoms with Crippen LogP contribution in [0.2, 0.25) is 0 Å². The van der Waals surface area contributed by atoms with Crippen molar-refractivity contribution in [3.05, 3.63) is 95.1 Å². The molecule has 9 nitrogen and oxygen atoms in total. The summed E-state index contributed by atoms with van der Waals surface area (Å²) in [5.41, 5.74) is 11.1. The fourth-order valence-electron chi connectivity index (χ4n) is 3.25. The fourth-order valence-corrected chi connectivity index (χ4v) is 3.25. The van der Waals surface area contributed by atoms with E-state index in [0.29, 0.717) is 11.3 Å². The van der Waals surface area contributed by atoms with Gasteiger partial charge in [-0.15, -0.1) is 12.4 Å². The highest BCUT2D eigenvalue weighted by Crippen LogP contribution is 2.23. The number of esters is 1. The Morgan fingerprint density at radius 1 is 0.973 bits per heavy atom. The van der Waals surface area contributed by atoms with Crippen molar-refractivity contribution in [1.82, 2.24) is 5.32 Å². The van der Waals surface area contributed by atoms with E-state index in [1.807, 2.05) is 0 Å². The van der Waals surface area contributed by atoms with Gasteiger partial charge in [0, 0.05) is 24.1 Å². The smallest absolute Gasteiger partial charge is 0.343 e. The predicted octanol–water partition coefficient (Wildman–Crippen LogP) is 2.87. The third-order valence-corrected chi connectivity index (χ3v) is 4.94. The van der Waals surface area contributed by atoms with Crippen LogP contribution in [0.3, 0.4) is 0 Å². The number of ether oxygens (including phenoxy) is 1. The molecule has 0 radical (unpaired) electrons. The molecule has 0 aliphatic rings. The van der Waals surface area contributed by atoms with Gasteiger partial charge in [0.1, 0.15) is 23.4 Å². The van der Waals surface area contributed by atoms with Crippen molar-refractivity contribution in [3.63, 3.8) is 0 Å².